The van der Waals surface area contributed by atoms with Gasteiger partial charge in [-0.2, -0.15) is 0 Å². The molecule has 0 saturated heterocycles. The maximum atomic E-state index is 6.10. The van der Waals surface area contributed by atoms with Crippen LogP contribution in [0.25, 0.3) is 5.73 Å². The Kier molecular flexibility index (Phi) is 19.9. The van der Waals surface area contributed by atoms with Crippen molar-refractivity contribution in [2.45, 2.75) is 0 Å². The summed E-state index contributed by atoms with van der Waals surface area (Å²) in [6, 6.07) is 0. The van der Waals surface area contributed by atoms with Gasteiger partial charge in [-0.05, 0) is 0 Å². The number of hydrogen-bond donors (Lipinski definition) is 0. The van der Waals surface area contributed by atoms with Crippen LogP contribution in [-0.4, -0.2) is 6.54 Å². The minimum atomic E-state index is 0. The van der Waals surface area contributed by atoms with Crippen LogP contribution in [0.2, 0.25) is 0 Å². The van der Waals surface area contributed by atoms with Gasteiger partial charge in [-0.3, -0.25) is 6.54 Å². The fourth-order valence-electron chi connectivity index (χ4n) is 0. The van der Waals surface area contributed by atoms with Crippen molar-refractivity contribution < 1.29 is 32.7 Å². The molecule has 1 nitrogen and oxygen atoms in total. The quantitative estimate of drug-likeness (QED) is 0.436. The van der Waals surface area contributed by atoms with Gasteiger partial charge >= 0.3 is 0 Å². The van der Waals surface area contributed by atoms with Crippen molar-refractivity contribution in [2.75, 3.05) is 6.54 Å². The molecular weight excluding hydrogens is 127 g/mol. The molecule has 0 aromatic rings. The van der Waals surface area contributed by atoms with Crippen LogP contribution >= 0.6 is 0 Å². The predicted octanol–water partition coefficient (Wildman–Crippen LogP) is 0.870. The molecule has 0 spiro atoms. The second-order valence-electron chi connectivity index (χ2n) is 0.250. The van der Waals surface area contributed by atoms with E-state index >= 15 is 0 Å². The van der Waals surface area contributed by atoms with Crippen LogP contribution in [0.1, 0.15) is 0 Å². The SMILES string of the molecule is [CH2-]C[NH-].[Y]. The fraction of sp³-hybridized carbons (Fsp3) is 0.500. The van der Waals surface area contributed by atoms with Gasteiger partial charge in [0.1, 0.15) is 0 Å². The summed E-state index contributed by atoms with van der Waals surface area (Å²) >= 11 is 0. The van der Waals surface area contributed by atoms with Gasteiger partial charge < -0.3 is 12.7 Å². The van der Waals surface area contributed by atoms with E-state index in [9.17, 15) is 0 Å². The molecule has 23 valence electrons. The Labute approximate surface area is 51.8 Å². The topological polar surface area (TPSA) is 23.8 Å². The van der Waals surface area contributed by atoms with E-state index in [2.05, 4.69) is 6.92 Å². The Morgan fingerprint density at radius 3 is 1.75 bits per heavy atom. The molecule has 1 N–H and O–H groups in total. The average molecular weight is 132 g/mol. The van der Waals surface area contributed by atoms with Crippen LogP contribution in [0.5, 0.6) is 0 Å². The fourth-order valence-corrected chi connectivity index (χ4v) is 0. The van der Waals surface area contributed by atoms with Gasteiger partial charge in [-0.1, -0.05) is 0 Å². The van der Waals surface area contributed by atoms with Crippen LogP contribution in [-0.2, 0) is 32.7 Å². The largest absolute Gasteiger partial charge is 0.704 e. The van der Waals surface area contributed by atoms with Crippen molar-refractivity contribution in [1.82, 2.24) is 0 Å². The summed E-state index contributed by atoms with van der Waals surface area (Å²) in [5, 5.41) is 0. The third-order valence-electron chi connectivity index (χ3n) is 0. The van der Waals surface area contributed by atoms with E-state index in [1.165, 1.54) is 0 Å². The summed E-state index contributed by atoms with van der Waals surface area (Å²) in [5.74, 6) is 0. The van der Waals surface area contributed by atoms with Crippen molar-refractivity contribution >= 4 is 0 Å². The molecule has 0 amide bonds. The zero-order valence-electron chi connectivity index (χ0n) is 2.49. The van der Waals surface area contributed by atoms with Gasteiger partial charge in [-0.15, -0.1) is 0 Å². The molecule has 0 atom stereocenters. The normalized spacial score (nSPS) is 4.50. The minimum absolute atomic E-state index is 0. The predicted molar refractivity (Wildman–Crippen MR) is 14.5 cm³/mol. The molecule has 0 bridgehead atoms. The van der Waals surface area contributed by atoms with Crippen LogP contribution in [0.3, 0.4) is 0 Å². The first-order chi connectivity index (χ1) is 1.41. The van der Waals surface area contributed by atoms with E-state index in [4.69, 9.17) is 5.73 Å². The van der Waals surface area contributed by atoms with Gasteiger partial charge in [0.15, 0.2) is 0 Å². The molecule has 2 heteroatoms. The molecule has 0 rings (SSSR count). The molecule has 0 aliphatic heterocycles. The Balaban J connectivity index is 0. The van der Waals surface area contributed by atoms with Crippen LogP contribution < -0.4 is 0 Å². The molecule has 0 aliphatic rings. The van der Waals surface area contributed by atoms with Crippen molar-refractivity contribution in [3.05, 3.63) is 12.7 Å². The monoisotopic (exact) mass is 132 g/mol. The Morgan fingerprint density at radius 2 is 1.75 bits per heavy atom. The average Bonchev–Trinajstić information content (AvgIpc) is 0.918. The van der Waals surface area contributed by atoms with Crippen molar-refractivity contribution in [1.29, 1.82) is 0 Å². The Morgan fingerprint density at radius 1 is 1.75 bits per heavy atom. The molecule has 0 heterocycles. The van der Waals surface area contributed by atoms with Gasteiger partial charge in [0, 0.05) is 32.7 Å². The van der Waals surface area contributed by atoms with Gasteiger partial charge in [0.2, 0.25) is 0 Å². The summed E-state index contributed by atoms with van der Waals surface area (Å²) < 4.78 is 0. The zero-order valence-corrected chi connectivity index (χ0v) is 5.33. The van der Waals surface area contributed by atoms with Crippen molar-refractivity contribution in [2.24, 2.45) is 0 Å². The molecule has 0 unspecified atom stereocenters. The van der Waals surface area contributed by atoms with Gasteiger partial charge in [0.25, 0.3) is 0 Å². The van der Waals surface area contributed by atoms with Crippen LogP contribution in [0, 0.1) is 6.92 Å². The van der Waals surface area contributed by atoms with Crippen LogP contribution in [0.15, 0.2) is 0 Å². The summed E-state index contributed by atoms with van der Waals surface area (Å²) in [6.07, 6.45) is 0. The second-order valence-corrected chi connectivity index (χ2v) is 0.250. The van der Waals surface area contributed by atoms with E-state index < -0.39 is 0 Å². The van der Waals surface area contributed by atoms with E-state index in [0.717, 1.165) is 0 Å². The summed E-state index contributed by atoms with van der Waals surface area (Å²) in [4.78, 5) is 0. The second kappa shape index (κ2) is 8.96. The molecule has 0 aromatic heterocycles. The number of rotatable bonds is 0. The number of nitrogens with one attached hydrogen (secondary N) is 1. The molecule has 0 saturated carbocycles. The smallest absolute Gasteiger partial charge is 0 e. The Bertz CT molecular complexity index is 6.00. The van der Waals surface area contributed by atoms with E-state index in [1.807, 2.05) is 0 Å². The van der Waals surface area contributed by atoms with E-state index in [-0.39, 0.29) is 39.3 Å². The summed E-state index contributed by atoms with van der Waals surface area (Å²) in [5.41, 5.74) is 6.10. The molecule has 0 fully saturated rings. The first-order valence-electron chi connectivity index (χ1n) is 0.854. The molecular formula is C2H5NY-2. The third kappa shape index (κ3) is 11.5. The standard InChI is InChI=1S/C2H5N.Y/c1-2-3;/h3H,1-2H2;/q-2;. The summed E-state index contributed by atoms with van der Waals surface area (Å²) in [7, 11) is 0. The zero-order chi connectivity index (χ0) is 2.71. The summed E-state index contributed by atoms with van der Waals surface area (Å²) in [6.45, 7) is 3.40. The van der Waals surface area contributed by atoms with Gasteiger partial charge in [0.05, 0.1) is 0 Å². The minimum Gasteiger partial charge on any atom is -0.704 e. The Hall–Kier alpha value is 1.06. The van der Waals surface area contributed by atoms with Crippen molar-refractivity contribution in [3.63, 3.8) is 0 Å². The molecule has 1 radical (unpaired) electrons. The first kappa shape index (κ1) is 8.91. The molecule has 0 aliphatic carbocycles. The number of hydrogen-bond acceptors (Lipinski definition) is 0. The van der Waals surface area contributed by atoms with Gasteiger partial charge in [-0.25, -0.2) is 0 Å². The maximum absolute atomic E-state index is 6.10. The maximum Gasteiger partial charge on any atom is 0 e. The molecule has 4 heavy (non-hydrogen) atoms. The van der Waals surface area contributed by atoms with Crippen molar-refractivity contribution in [3.8, 4) is 0 Å². The third-order valence-corrected chi connectivity index (χ3v) is 0. The first-order valence-corrected chi connectivity index (χ1v) is 0.854. The van der Waals surface area contributed by atoms with Crippen LogP contribution in [0.4, 0.5) is 0 Å². The molecule has 0 aromatic carbocycles. The van der Waals surface area contributed by atoms with E-state index in [1.54, 1.807) is 0 Å². The van der Waals surface area contributed by atoms with E-state index in [0.29, 0.717) is 0 Å².